The first-order valence-electron chi connectivity index (χ1n) is 6.44. The summed E-state index contributed by atoms with van der Waals surface area (Å²) in [6.07, 6.45) is 0. The van der Waals surface area contributed by atoms with Crippen molar-refractivity contribution in [2.75, 3.05) is 19.9 Å². The van der Waals surface area contributed by atoms with Gasteiger partial charge in [-0.3, -0.25) is 4.90 Å². The van der Waals surface area contributed by atoms with E-state index < -0.39 is 0 Å². The van der Waals surface area contributed by atoms with Gasteiger partial charge in [0.15, 0.2) is 0 Å². The lowest BCUT2D eigenvalue weighted by atomic mass is 10.1. The zero-order valence-electron chi connectivity index (χ0n) is 11.8. The van der Waals surface area contributed by atoms with Crippen molar-refractivity contribution in [2.24, 2.45) is 0 Å². The second-order valence-corrected chi connectivity index (χ2v) is 5.28. The van der Waals surface area contributed by atoms with E-state index in [0.717, 1.165) is 35.1 Å². The van der Waals surface area contributed by atoms with Crippen LogP contribution < -0.4 is 10.5 Å². The fraction of sp³-hybridized carbons (Fsp3) is 0.250. The van der Waals surface area contributed by atoms with E-state index in [0.29, 0.717) is 0 Å². The Hall–Kier alpha value is -1.71. The predicted molar refractivity (Wildman–Crippen MR) is 84.0 cm³/mol. The van der Waals surface area contributed by atoms with E-state index in [4.69, 9.17) is 22.1 Å². The first-order chi connectivity index (χ1) is 9.58. The average Bonchev–Trinajstić information content (AvgIpc) is 2.43. The van der Waals surface area contributed by atoms with E-state index in [9.17, 15) is 0 Å². The van der Waals surface area contributed by atoms with E-state index in [1.54, 1.807) is 7.11 Å². The summed E-state index contributed by atoms with van der Waals surface area (Å²) in [5.41, 5.74) is 8.78. The summed E-state index contributed by atoms with van der Waals surface area (Å²) < 4.78 is 5.23. The summed E-state index contributed by atoms with van der Waals surface area (Å²) >= 11 is 6.19. The number of methoxy groups -OCH3 is 1. The third kappa shape index (κ3) is 3.89. The molecule has 0 aliphatic carbocycles. The first-order valence-corrected chi connectivity index (χ1v) is 6.81. The summed E-state index contributed by atoms with van der Waals surface area (Å²) in [6, 6.07) is 13.6. The maximum absolute atomic E-state index is 6.19. The first kappa shape index (κ1) is 14.7. The van der Waals surface area contributed by atoms with Gasteiger partial charge in [-0.25, -0.2) is 0 Å². The van der Waals surface area contributed by atoms with Gasteiger partial charge in [-0.15, -0.1) is 0 Å². The van der Waals surface area contributed by atoms with Crippen molar-refractivity contribution >= 4 is 17.3 Å². The molecule has 2 N–H and O–H groups in total. The lowest BCUT2D eigenvalue weighted by Gasteiger charge is -2.18. The molecular formula is C16H19ClN2O. The van der Waals surface area contributed by atoms with Crippen LogP contribution in [0.4, 0.5) is 5.69 Å². The molecule has 2 aromatic rings. The van der Waals surface area contributed by atoms with Gasteiger partial charge < -0.3 is 10.5 Å². The van der Waals surface area contributed by atoms with Crippen molar-refractivity contribution in [3.05, 3.63) is 58.6 Å². The molecule has 2 aromatic carbocycles. The van der Waals surface area contributed by atoms with Crippen LogP contribution >= 0.6 is 11.6 Å². The fourth-order valence-corrected chi connectivity index (χ4v) is 2.32. The summed E-state index contributed by atoms with van der Waals surface area (Å²) in [7, 11) is 3.73. The zero-order chi connectivity index (χ0) is 14.5. The van der Waals surface area contributed by atoms with Gasteiger partial charge in [0, 0.05) is 23.8 Å². The topological polar surface area (TPSA) is 38.5 Å². The molecule has 0 fully saturated rings. The molecule has 0 radical (unpaired) electrons. The number of halogens is 1. The number of ether oxygens (including phenoxy) is 1. The number of nitrogens with zero attached hydrogens (tertiary/aromatic N) is 1. The van der Waals surface area contributed by atoms with E-state index in [-0.39, 0.29) is 0 Å². The maximum Gasteiger partial charge on any atom is 0.119 e. The highest BCUT2D eigenvalue weighted by molar-refractivity contribution is 6.31. The molecule has 2 rings (SSSR count). The highest BCUT2D eigenvalue weighted by Gasteiger charge is 2.06. The Labute approximate surface area is 124 Å². The van der Waals surface area contributed by atoms with Gasteiger partial charge in [0.1, 0.15) is 5.75 Å². The summed E-state index contributed by atoms with van der Waals surface area (Å²) in [6.45, 7) is 1.57. The largest absolute Gasteiger partial charge is 0.497 e. The number of rotatable bonds is 5. The SMILES string of the molecule is COc1cccc(CN(C)Cc2cc(N)ccc2Cl)c1. The molecule has 0 spiro atoms. The van der Waals surface area contributed by atoms with Gasteiger partial charge in [0.2, 0.25) is 0 Å². The van der Waals surface area contributed by atoms with Crippen LogP contribution in [0.15, 0.2) is 42.5 Å². The zero-order valence-corrected chi connectivity index (χ0v) is 12.5. The van der Waals surface area contributed by atoms with Gasteiger partial charge in [0.25, 0.3) is 0 Å². The fourth-order valence-electron chi connectivity index (χ4n) is 2.15. The molecule has 0 unspecified atom stereocenters. The predicted octanol–water partition coefficient (Wildman–Crippen LogP) is 3.56. The van der Waals surface area contributed by atoms with Crippen molar-refractivity contribution in [3.63, 3.8) is 0 Å². The van der Waals surface area contributed by atoms with Crippen molar-refractivity contribution in [1.82, 2.24) is 4.90 Å². The lowest BCUT2D eigenvalue weighted by Crippen LogP contribution is -2.17. The van der Waals surface area contributed by atoms with Crippen molar-refractivity contribution in [2.45, 2.75) is 13.1 Å². The number of anilines is 1. The van der Waals surface area contributed by atoms with E-state index in [2.05, 4.69) is 18.0 Å². The monoisotopic (exact) mass is 290 g/mol. The Bertz CT molecular complexity index is 586. The molecule has 3 nitrogen and oxygen atoms in total. The Balaban J connectivity index is 2.04. The van der Waals surface area contributed by atoms with Crippen LogP contribution in [0.1, 0.15) is 11.1 Å². The number of hydrogen-bond donors (Lipinski definition) is 1. The Morgan fingerprint density at radius 3 is 2.70 bits per heavy atom. The smallest absolute Gasteiger partial charge is 0.119 e. The normalized spacial score (nSPS) is 10.8. The van der Waals surface area contributed by atoms with Crippen LogP contribution in [0.25, 0.3) is 0 Å². The number of benzene rings is 2. The average molecular weight is 291 g/mol. The van der Waals surface area contributed by atoms with Crippen molar-refractivity contribution < 1.29 is 4.74 Å². The summed E-state index contributed by atoms with van der Waals surface area (Å²) in [5, 5.41) is 0.747. The molecule has 4 heteroatoms. The second-order valence-electron chi connectivity index (χ2n) is 4.87. The van der Waals surface area contributed by atoms with Crippen molar-refractivity contribution in [3.8, 4) is 5.75 Å². The Morgan fingerprint density at radius 2 is 1.95 bits per heavy atom. The minimum absolute atomic E-state index is 0.735. The Morgan fingerprint density at radius 1 is 1.15 bits per heavy atom. The van der Waals surface area contributed by atoms with Crippen LogP contribution in [-0.4, -0.2) is 19.1 Å². The molecule has 0 saturated carbocycles. The number of hydrogen-bond acceptors (Lipinski definition) is 3. The Kier molecular flexibility index (Phi) is 4.88. The second kappa shape index (κ2) is 6.64. The lowest BCUT2D eigenvalue weighted by molar-refractivity contribution is 0.318. The van der Waals surface area contributed by atoms with Gasteiger partial charge in [0.05, 0.1) is 7.11 Å². The number of nitrogen functional groups attached to an aromatic ring is 1. The molecule has 0 heterocycles. The standard InChI is InChI=1S/C16H19ClN2O/c1-19(10-12-4-3-5-15(8-12)20-2)11-13-9-14(18)6-7-16(13)17/h3-9H,10-11,18H2,1-2H3. The molecule has 106 valence electrons. The number of nitrogens with two attached hydrogens (primary N) is 1. The van der Waals surface area contributed by atoms with Crippen molar-refractivity contribution in [1.29, 1.82) is 0 Å². The van der Waals surface area contributed by atoms with Crippen LogP contribution in [0.3, 0.4) is 0 Å². The van der Waals surface area contributed by atoms with Gasteiger partial charge >= 0.3 is 0 Å². The molecule has 0 aliphatic rings. The van der Waals surface area contributed by atoms with Crippen LogP contribution in [0.2, 0.25) is 5.02 Å². The van der Waals surface area contributed by atoms with Crippen LogP contribution in [0, 0.1) is 0 Å². The molecule has 20 heavy (non-hydrogen) atoms. The third-order valence-corrected chi connectivity index (χ3v) is 3.47. The highest BCUT2D eigenvalue weighted by atomic mass is 35.5. The molecule has 0 aliphatic heterocycles. The molecule has 0 atom stereocenters. The minimum atomic E-state index is 0.735. The minimum Gasteiger partial charge on any atom is -0.497 e. The molecular weight excluding hydrogens is 272 g/mol. The van der Waals surface area contributed by atoms with E-state index >= 15 is 0 Å². The molecule has 0 amide bonds. The summed E-state index contributed by atoms with van der Waals surface area (Å²) in [5.74, 6) is 0.873. The van der Waals surface area contributed by atoms with Crippen LogP contribution in [-0.2, 0) is 13.1 Å². The van der Waals surface area contributed by atoms with Gasteiger partial charge in [-0.05, 0) is 48.5 Å². The quantitative estimate of drug-likeness (QED) is 0.856. The van der Waals surface area contributed by atoms with Crippen LogP contribution in [0.5, 0.6) is 5.75 Å². The summed E-state index contributed by atoms with van der Waals surface area (Å²) in [4.78, 5) is 2.19. The highest BCUT2D eigenvalue weighted by Crippen LogP contribution is 2.21. The maximum atomic E-state index is 6.19. The van der Waals surface area contributed by atoms with E-state index in [1.807, 2.05) is 36.4 Å². The molecule has 0 saturated heterocycles. The van der Waals surface area contributed by atoms with Gasteiger partial charge in [-0.1, -0.05) is 23.7 Å². The molecule has 0 aromatic heterocycles. The third-order valence-electron chi connectivity index (χ3n) is 3.10. The molecule has 0 bridgehead atoms. The van der Waals surface area contributed by atoms with Gasteiger partial charge in [-0.2, -0.15) is 0 Å². The van der Waals surface area contributed by atoms with E-state index in [1.165, 1.54) is 5.56 Å².